The molecule has 6 heteroatoms. The summed E-state index contributed by atoms with van der Waals surface area (Å²) >= 11 is 0. The summed E-state index contributed by atoms with van der Waals surface area (Å²) in [5.74, 6) is 0.812. The number of benzene rings is 1. The van der Waals surface area contributed by atoms with Crippen molar-refractivity contribution in [3.05, 3.63) is 60.1 Å². The van der Waals surface area contributed by atoms with Gasteiger partial charge in [-0.15, -0.1) is 0 Å². The molecule has 6 nitrogen and oxygen atoms in total. The normalized spacial score (nSPS) is 11.1. The summed E-state index contributed by atoms with van der Waals surface area (Å²) in [7, 11) is 1.72. The van der Waals surface area contributed by atoms with E-state index in [0.29, 0.717) is 24.8 Å². The van der Waals surface area contributed by atoms with Crippen LogP contribution >= 0.6 is 0 Å². The second-order valence-electron chi connectivity index (χ2n) is 4.89. The fraction of sp³-hybridized carbons (Fsp3) is 0.294. The molecule has 0 saturated heterocycles. The van der Waals surface area contributed by atoms with E-state index in [1.807, 2.05) is 18.2 Å². The van der Waals surface area contributed by atoms with E-state index in [1.54, 1.807) is 19.2 Å². The number of nitrogens with zero attached hydrogens (tertiary/aromatic N) is 1. The molecule has 3 N–H and O–H groups in total. The van der Waals surface area contributed by atoms with E-state index in [-0.39, 0.29) is 5.91 Å². The van der Waals surface area contributed by atoms with Gasteiger partial charge in [-0.3, -0.25) is 9.79 Å². The minimum Gasteiger partial charge on any atom is -0.459 e. The molecule has 122 valence electrons. The van der Waals surface area contributed by atoms with E-state index in [0.717, 1.165) is 13.0 Å². The molecule has 0 atom stereocenters. The van der Waals surface area contributed by atoms with Crippen LogP contribution in [0.2, 0.25) is 0 Å². The van der Waals surface area contributed by atoms with E-state index in [2.05, 4.69) is 33.1 Å². The Morgan fingerprint density at radius 1 is 1.00 bits per heavy atom. The summed E-state index contributed by atoms with van der Waals surface area (Å²) in [4.78, 5) is 15.8. The molecule has 0 aliphatic rings. The Labute approximate surface area is 136 Å². The zero-order valence-corrected chi connectivity index (χ0v) is 13.2. The lowest BCUT2D eigenvalue weighted by atomic mass is 10.1. The van der Waals surface area contributed by atoms with Gasteiger partial charge in [-0.2, -0.15) is 0 Å². The van der Waals surface area contributed by atoms with Crippen molar-refractivity contribution >= 4 is 11.9 Å². The number of hydrogen-bond donors (Lipinski definition) is 3. The molecule has 2 rings (SSSR count). The van der Waals surface area contributed by atoms with Crippen molar-refractivity contribution in [2.45, 2.75) is 6.42 Å². The van der Waals surface area contributed by atoms with E-state index in [4.69, 9.17) is 4.42 Å². The van der Waals surface area contributed by atoms with Gasteiger partial charge in [0.1, 0.15) is 0 Å². The Kier molecular flexibility index (Phi) is 6.71. The second kappa shape index (κ2) is 9.30. The molecule has 0 aliphatic heterocycles. The highest BCUT2D eigenvalue weighted by atomic mass is 16.3. The van der Waals surface area contributed by atoms with Gasteiger partial charge in [0.2, 0.25) is 0 Å². The number of hydrogen-bond acceptors (Lipinski definition) is 3. The molecule has 0 radical (unpaired) electrons. The number of aliphatic imine (C=N–C) groups is 1. The Balaban J connectivity index is 1.60. The maximum atomic E-state index is 11.7. The van der Waals surface area contributed by atoms with Crippen molar-refractivity contribution in [1.82, 2.24) is 16.0 Å². The Morgan fingerprint density at radius 3 is 2.43 bits per heavy atom. The first kappa shape index (κ1) is 16.6. The first-order valence-corrected chi connectivity index (χ1v) is 7.60. The third kappa shape index (κ3) is 5.86. The predicted octanol–water partition coefficient (Wildman–Crippen LogP) is 1.42. The zero-order valence-electron chi connectivity index (χ0n) is 13.2. The molecule has 0 saturated carbocycles. The predicted molar refractivity (Wildman–Crippen MR) is 90.6 cm³/mol. The number of carbonyl (C=O) groups is 1. The molecule has 0 spiro atoms. The lowest BCUT2D eigenvalue weighted by molar-refractivity contribution is 0.0926. The minimum atomic E-state index is -0.219. The van der Waals surface area contributed by atoms with Gasteiger partial charge in [-0.25, -0.2) is 0 Å². The summed E-state index contributed by atoms with van der Waals surface area (Å²) in [5.41, 5.74) is 1.28. The molecule has 23 heavy (non-hydrogen) atoms. The molecule has 0 unspecified atom stereocenters. The third-order valence-electron chi connectivity index (χ3n) is 3.22. The Bertz CT molecular complexity index is 609. The van der Waals surface area contributed by atoms with Gasteiger partial charge in [0.15, 0.2) is 11.7 Å². The fourth-order valence-corrected chi connectivity index (χ4v) is 2.04. The number of guanidine groups is 1. The van der Waals surface area contributed by atoms with Crippen molar-refractivity contribution in [2.24, 2.45) is 4.99 Å². The second-order valence-corrected chi connectivity index (χ2v) is 4.89. The van der Waals surface area contributed by atoms with Gasteiger partial charge in [0, 0.05) is 26.7 Å². The maximum absolute atomic E-state index is 11.7. The van der Waals surface area contributed by atoms with Crippen LogP contribution in [0.1, 0.15) is 16.1 Å². The maximum Gasteiger partial charge on any atom is 0.287 e. The SMILES string of the molecule is CN=C(NCCNC(=O)c1ccco1)NCCc1ccccc1. The molecule has 2 aromatic rings. The van der Waals surface area contributed by atoms with E-state index in [1.165, 1.54) is 11.8 Å². The van der Waals surface area contributed by atoms with Crippen molar-refractivity contribution in [1.29, 1.82) is 0 Å². The summed E-state index contributed by atoms with van der Waals surface area (Å²) in [6.45, 7) is 1.86. The number of rotatable bonds is 7. The standard InChI is InChI=1S/C17H22N4O2/c1-18-17(20-10-9-14-6-3-2-4-7-14)21-12-11-19-16(22)15-8-5-13-23-15/h2-8,13H,9-12H2,1H3,(H,19,22)(H2,18,20,21). The highest BCUT2D eigenvalue weighted by Gasteiger charge is 2.06. The van der Waals surface area contributed by atoms with Crippen LogP contribution in [0.4, 0.5) is 0 Å². The van der Waals surface area contributed by atoms with Gasteiger partial charge in [-0.1, -0.05) is 30.3 Å². The monoisotopic (exact) mass is 314 g/mol. The van der Waals surface area contributed by atoms with Gasteiger partial charge in [-0.05, 0) is 24.1 Å². The molecule has 0 bridgehead atoms. The smallest absolute Gasteiger partial charge is 0.287 e. The van der Waals surface area contributed by atoms with Crippen LogP contribution in [-0.4, -0.2) is 38.5 Å². The highest BCUT2D eigenvalue weighted by molar-refractivity contribution is 5.91. The number of amides is 1. The topological polar surface area (TPSA) is 78.7 Å². The number of carbonyl (C=O) groups excluding carboxylic acids is 1. The quantitative estimate of drug-likeness (QED) is 0.410. The van der Waals surface area contributed by atoms with Gasteiger partial charge >= 0.3 is 0 Å². The summed E-state index contributed by atoms with van der Waals surface area (Å²) in [5, 5.41) is 9.16. The van der Waals surface area contributed by atoms with Crippen molar-refractivity contribution in [3.8, 4) is 0 Å². The van der Waals surface area contributed by atoms with Crippen LogP contribution in [0.25, 0.3) is 0 Å². The lowest BCUT2D eigenvalue weighted by Crippen LogP contribution is -2.42. The average Bonchev–Trinajstić information content (AvgIpc) is 3.12. The molecule has 1 heterocycles. The molecule has 1 aromatic heterocycles. The Morgan fingerprint density at radius 2 is 1.74 bits per heavy atom. The molecule has 0 aliphatic carbocycles. The van der Waals surface area contributed by atoms with Gasteiger partial charge < -0.3 is 20.4 Å². The average molecular weight is 314 g/mol. The van der Waals surface area contributed by atoms with Gasteiger partial charge in [0.05, 0.1) is 6.26 Å². The van der Waals surface area contributed by atoms with Crippen molar-refractivity contribution in [2.75, 3.05) is 26.7 Å². The van der Waals surface area contributed by atoms with E-state index < -0.39 is 0 Å². The largest absolute Gasteiger partial charge is 0.459 e. The summed E-state index contributed by atoms with van der Waals surface area (Å²) < 4.78 is 5.02. The summed E-state index contributed by atoms with van der Waals surface area (Å²) in [6, 6.07) is 13.6. The van der Waals surface area contributed by atoms with Crippen LogP contribution in [0.3, 0.4) is 0 Å². The number of nitrogens with one attached hydrogen (secondary N) is 3. The fourth-order valence-electron chi connectivity index (χ4n) is 2.04. The van der Waals surface area contributed by atoms with E-state index >= 15 is 0 Å². The highest BCUT2D eigenvalue weighted by Crippen LogP contribution is 1.99. The molecule has 0 fully saturated rings. The number of furan rings is 1. The zero-order chi connectivity index (χ0) is 16.3. The van der Waals surface area contributed by atoms with Crippen LogP contribution in [0.15, 0.2) is 58.1 Å². The molecular weight excluding hydrogens is 292 g/mol. The first-order chi connectivity index (χ1) is 11.3. The van der Waals surface area contributed by atoms with Crippen LogP contribution < -0.4 is 16.0 Å². The summed E-state index contributed by atoms with van der Waals surface area (Å²) in [6.07, 6.45) is 2.41. The minimum absolute atomic E-state index is 0.219. The first-order valence-electron chi connectivity index (χ1n) is 7.60. The molecule has 1 amide bonds. The third-order valence-corrected chi connectivity index (χ3v) is 3.22. The molecular formula is C17H22N4O2. The van der Waals surface area contributed by atoms with Crippen LogP contribution in [-0.2, 0) is 6.42 Å². The Hall–Kier alpha value is -2.76. The lowest BCUT2D eigenvalue weighted by Gasteiger charge is -2.12. The van der Waals surface area contributed by atoms with Crippen LogP contribution in [0, 0.1) is 0 Å². The molecule has 1 aromatic carbocycles. The van der Waals surface area contributed by atoms with E-state index in [9.17, 15) is 4.79 Å². The van der Waals surface area contributed by atoms with Crippen LogP contribution in [0.5, 0.6) is 0 Å². The van der Waals surface area contributed by atoms with Gasteiger partial charge in [0.25, 0.3) is 5.91 Å². The van der Waals surface area contributed by atoms with Crippen molar-refractivity contribution < 1.29 is 9.21 Å². The van der Waals surface area contributed by atoms with Crippen molar-refractivity contribution in [3.63, 3.8) is 0 Å².